The van der Waals surface area contributed by atoms with Gasteiger partial charge in [-0.15, -0.1) is 11.8 Å². The van der Waals surface area contributed by atoms with Crippen LogP contribution >= 0.6 is 11.8 Å². The molecule has 2 aromatic carbocycles. The summed E-state index contributed by atoms with van der Waals surface area (Å²) in [5.41, 5.74) is 9.08. The Hall–Kier alpha value is -1.74. The van der Waals surface area contributed by atoms with Gasteiger partial charge in [0, 0.05) is 24.7 Å². The second-order valence-electron chi connectivity index (χ2n) is 6.59. The van der Waals surface area contributed by atoms with Crippen LogP contribution in [0.1, 0.15) is 43.7 Å². The minimum atomic E-state index is 0.0582. The Bertz CT molecular complexity index is 749. The van der Waals surface area contributed by atoms with E-state index in [1.54, 1.807) is 30.8 Å². The predicted octanol–water partition coefficient (Wildman–Crippen LogP) is 5.22. The Labute approximate surface area is 150 Å². The summed E-state index contributed by atoms with van der Waals surface area (Å²) in [7, 11) is 3.59. The first kappa shape index (κ1) is 18.6. The van der Waals surface area contributed by atoms with E-state index in [1.165, 1.54) is 33.4 Å². The number of carbonyl (C=O) groups excluding carboxylic acids is 1. The van der Waals surface area contributed by atoms with Gasteiger partial charge in [-0.05, 0) is 80.1 Å². The zero-order chi connectivity index (χ0) is 18.0. The predicted molar refractivity (Wildman–Crippen MR) is 104 cm³/mol. The lowest BCUT2D eigenvalue weighted by Gasteiger charge is -2.19. The molecule has 0 atom stereocenters. The van der Waals surface area contributed by atoms with Crippen molar-refractivity contribution in [1.29, 1.82) is 0 Å². The number of carbonyl (C=O) groups is 1. The Balaban J connectivity index is 2.35. The lowest BCUT2D eigenvalue weighted by atomic mass is 9.90. The summed E-state index contributed by atoms with van der Waals surface area (Å²) in [6, 6.07) is 7.88. The molecule has 0 aliphatic carbocycles. The van der Waals surface area contributed by atoms with Gasteiger partial charge in [0.15, 0.2) is 0 Å². The van der Waals surface area contributed by atoms with Crippen molar-refractivity contribution in [3.8, 4) is 0 Å². The van der Waals surface area contributed by atoms with Crippen molar-refractivity contribution in [1.82, 2.24) is 4.90 Å². The maximum Gasteiger partial charge on any atom is 0.254 e. The van der Waals surface area contributed by atoms with Crippen molar-refractivity contribution in [2.45, 2.75) is 45.3 Å². The van der Waals surface area contributed by atoms with E-state index in [2.05, 4.69) is 34.6 Å². The van der Waals surface area contributed by atoms with Crippen LogP contribution in [0, 0.1) is 34.6 Å². The van der Waals surface area contributed by atoms with Gasteiger partial charge >= 0.3 is 0 Å². The topological polar surface area (TPSA) is 20.3 Å². The molecule has 0 saturated heterocycles. The van der Waals surface area contributed by atoms with Crippen molar-refractivity contribution < 1.29 is 4.79 Å². The normalized spacial score (nSPS) is 10.8. The molecule has 128 valence electrons. The highest BCUT2D eigenvalue weighted by Crippen LogP contribution is 2.33. The molecule has 0 spiro atoms. The van der Waals surface area contributed by atoms with Gasteiger partial charge in [0.1, 0.15) is 0 Å². The summed E-state index contributed by atoms with van der Waals surface area (Å²) >= 11 is 1.75. The van der Waals surface area contributed by atoms with Crippen LogP contribution in [0.3, 0.4) is 0 Å². The summed E-state index contributed by atoms with van der Waals surface area (Å²) in [5.74, 6) is 0.944. The fourth-order valence-corrected chi connectivity index (χ4v) is 4.17. The van der Waals surface area contributed by atoms with Gasteiger partial charge in [0.05, 0.1) is 5.56 Å². The zero-order valence-corrected chi connectivity index (χ0v) is 16.6. The molecule has 0 aliphatic heterocycles. The average Bonchev–Trinajstić information content (AvgIpc) is 2.57. The fraction of sp³-hybridized carbons (Fsp3) is 0.381. The monoisotopic (exact) mass is 341 g/mol. The van der Waals surface area contributed by atoms with E-state index in [4.69, 9.17) is 0 Å². The smallest absolute Gasteiger partial charge is 0.254 e. The van der Waals surface area contributed by atoms with Gasteiger partial charge in [-0.3, -0.25) is 4.79 Å². The Kier molecular flexibility index (Phi) is 5.76. The molecule has 2 aromatic rings. The molecule has 0 fully saturated rings. The standard InChI is InChI=1S/C21H27NOS/c1-13-14(2)16(4)19(17(5)15(13)3)12-24-20-11-9-8-10-18(20)21(23)22(6)7/h8-11H,12H2,1-7H3. The van der Waals surface area contributed by atoms with Gasteiger partial charge in [0.25, 0.3) is 5.91 Å². The number of nitrogens with zero attached hydrogens (tertiary/aromatic N) is 1. The summed E-state index contributed by atoms with van der Waals surface area (Å²) in [4.78, 5) is 15.1. The summed E-state index contributed by atoms with van der Waals surface area (Å²) < 4.78 is 0. The Morgan fingerprint density at radius 1 is 0.875 bits per heavy atom. The van der Waals surface area contributed by atoms with Crippen LogP contribution in [0.2, 0.25) is 0 Å². The number of rotatable bonds is 4. The van der Waals surface area contributed by atoms with Gasteiger partial charge in [-0.2, -0.15) is 0 Å². The zero-order valence-electron chi connectivity index (χ0n) is 15.8. The minimum Gasteiger partial charge on any atom is -0.345 e. The first-order valence-corrected chi connectivity index (χ1v) is 9.23. The van der Waals surface area contributed by atoms with Crippen LogP contribution < -0.4 is 0 Å². The molecule has 0 saturated carbocycles. The van der Waals surface area contributed by atoms with Crippen LogP contribution in [-0.2, 0) is 5.75 Å². The lowest BCUT2D eigenvalue weighted by Crippen LogP contribution is -2.22. The van der Waals surface area contributed by atoms with Crippen LogP contribution in [0.4, 0.5) is 0 Å². The van der Waals surface area contributed by atoms with Gasteiger partial charge in [-0.25, -0.2) is 0 Å². The highest BCUT2D eigenvalue weighted by Gasteiger charge is 2.16. The molecule has 0 radical (unpaired) electrons. The molecule has 0 bridgehead atoms. The van der Waals surface area contributed by atoms with Crippen molar-refractivity contribution in [2.24, 2.45) is 0 Å². The minimum absolute atomic E-state index is 0.0582. The molecule has 0 aliphatic rings. The molecule has 2 rings (SSSR count). The van der Waals surface area contributed by atoms with Crippen molar-refractivity contribution in [2.75, 3.05) is 14.1 Å². The van der Waals surface area contributed by atoms with E-state index in [-0.39, 0.29) is 5.91 Å². The number of thioether (sulfide) groups is 1. The summed E-state index contributed by atoms with van der Waals surface area (Å²) in [6.07, 6.45) is 0. The third-order valence-corrected chi connectivity index (χ3v) is 6.15. The molecule has 0 heterocycles. The van der Waals surface area contributed by atoms with E-state index >= 15 is 0 Å². The van der Waals surface area contributed by atoms with Crippen molar-refractivity contribution in [3.63, 3.8) is 0 Å². The van der Waals surface area contributed by atoms with E-state index in [0.717, 1.165) is 16.2 Å². The number of hydrogen-bond donors (Lipinski definition) is 0. The number of hydrogen-bond acceptors (Lipinski definition) is 2. The van der Waals surface area contributed by atoms with Crippen LogP contribution in [0.5, 0.6) is 0 Å². The SMILES string of the molecule is Cc1c(C)c(C)c(CSc2ccccc2C(=O)N(C)C)c(C)c1C. The summed E-state index contributed by atoms with van der Waals surface area (Å²) in [6.45, 7) is 11.0. The maximum absolute atomic E-state index is 12.4. The van der Waals surface area contributed by atoms with Gasteiger partial charge < -0.3 is 4.90 Å². The second-order valence-corrected chi connectivity index (χ2v) is 7.61. The number of amides is 1. The van der Waals surface area contributed by atoms with Crippen molar-refractivity contribution >= 4 is 17.7 Å². The highest BCUT2D eigenvalue weighted by molar-refractivity contribution is 7.98. The molecule has 3 heteroatoms. The van der Waals surface area contributed by atoms with Gasteiger partial charge in [-0.1, -0.05) is 12.1 Å². The lowest BCUT2D eigenvalue weighted by molar-refractivity contribution is 0.0824. The van der Waals surface area contributed by atoms with Crippen LogP contribution in [-0.4, -0.2) is 24.9 Å². The molecule has 24 heavy (non-hydrogen) atoms. The van der Waals surface area contributed by atoms with E-state index < -0.39 is 0 Å². The third kappa shape index (κ3) is 3.51. The van der Waals surface area contributed by atoms with Crippen LogP contribution in [0.25, 0.3) is 0 Å². The third-order valence-electron chi connectivity index (χ3n) is 5.05. The van der Waals surface area contributed by atoms with E-state index in [1.807, 2.05) is 24.3 Å². The largest absolute Gasteiger partial charge is 0.345 e. The molecule has 0 aromatic heterocycles. The molecule has 0 unspecified atom stereocenters. The fourth-order valence-electron chi connectivity index (χ4n) is 2.95. The average molecular weight is 342 g/mol. The Morgan fingerprint density at radius 3 is 1.92 bits per heavy atom. The van der Waals surface area contributed by atoms with Gasteiger partial charge in [0.2, 0.25) is 0 Å². The van der Waals surface area contributed by atoms with E-state index in [9.17, 15) is 4.79 Å². The Morgan fingerprint density at radius 2 is 1.38 bits per heavy atom. The summed E-state index contributed by atoms with van der Waals surface area (Å²) in [5, 5.41) is 0. The second kappa shape index (κ2) is 7.43. The first-order valence-electron chi connectivity index (χ1n) is 8.25. The molecular weight excluding hydrogens is 314 g/mol. The van der Waals surface area contributed by atoms with Crippen LogP contribution in [0.15, 0.2) is 29.2 Å². The highest BCUT2D eigenvalue weighted by atomic mass is 32.2. The van der Waals surface area contributed by atoms with E-state index in [0.29, 0.717) is 0 Å². The first-order chi connectivity index (χ1) is 11.3. The number of benzene rings is 2. The molecular formula is C21H27NOS. The molecule has 2 nitrogen and oxygen atoms in total. The maximum atomic E-state index is 12.4. The quantitative estimate of drug-likeness (QED) is 0.710. The molecule has 1 amide bonds. The van der Waals surface area contributed by atoms with Crippen molar-refractivity contribution in [3.05, 3.63) is 63.2 Å². The molecule has 0 N–H and O–H groups in total.